The molecule has 4 aromatic rings. The smallest absolute Gasteiger partial charge is 0.408 e. The standard InChI is InChI=1S/C32H36N6O5/c1-32(2,3)43-31(39)34-27(23-40-20-24-13-7-5-8-14-24)30-35-36-37-38(30)26(19-33-4)22-42-29-18-12-11-17-28(29)41-21-25-15-9-6-10-16-25/h5-18,26-27H,19-23H2,1-3H3,(H,34,39)/t26-,27-/m1/s1. The molecule has 0 saturated heterocycles. The van der Waals surface area contributed by atoms with Crippen LogP contribution in [-0.4, -0.2) is 51.7 Å². The van der Waals surface area contributed by atoms with E-state index in [4.69, 9.17) is 25.5 Å². The first kappa shape index (κ1) is 31.0. The first-order valence-electron chi connectivity index (χ1n) is 13.9. The van der Waals surface area contributed by atoms with Gasteiger partial charge in [-0.25, -0.2) is 16.0 Å². The summed E-state index contributed by atoms with van der Waals surface area (Å²) in [5.74, 6) is 1.41. The van der Waals surface area contributed by atoms with Crippen molar-refractivity contribution < 1.29 is 23.7 Å². The van der Waals surface area contributed by atoms with E-state index in [0.717, 1.165) is 11.1 Å². The third kappa shape index (κ3) is 9.83. The average molecular weight is 585 g/mol. The number of para-hydroxylation sites is 2. The first-order valence-corrected chi connectivity index (χ1v) is 13.9. The number of benzene rings is 3. The Bertz CT molecular complexity index is 1470. The van der Waals surface area contributed by atoms with E-state index in [0.29, 0.717) is 30.5 Å². The fourth-order valence-electron chi connectivity index (χ4n) is 4.11. The zero-order chi connectivity index (χ0) is 30.5. The number of alkyl carbamates (subject to hydrolysis) is 1. The molecule has 43 heavy (non-hydrogen) atoms. The number of aromatic nitrogens is 4. The van der Waals surface area contributed by atoms with Crippen molar-refractivity contribution in [1.29, 1.82) is 0 Å². The monoisotopic (exact) mass is 584 g/mol. The van der Waals surface area contributed by atoms with Crippen LogP contribution < -0.4 is 14.8 Å². The Morgan fingerprint density at radius 2 is 1.49 bits per heavy atom. The molecule has 1 N–H and O–H groups in total. The molecule has 0 unspecified atom stereocenters. The molecule has 2 atom stereocenters. The highest BCUT2D eigenvalue weighted by Crippen LogP contribution is 2.28. The predicted octanol–water partition coefficient (Wildman–Crippen LogP) is 5.57. The molecule has 0 radical (unpaired) electrons. The lowest BCUT2D eigenvalue weighted by molar-refractivity contribution is 0.0414. The van der Waals surface area contributed by atoms with E-state index in [2.05, 4.69) is 25.7 Å². The van der Waals surface area contributed by atoms with Gasteiger partial charge < -0.3 is 29.1 Å². The van der Waals surface area contributed by atoms with Gasteiger partial charge in [0.15, 0.2) is 23.4 Å². The van der Waals surface area contributed by atoms with Gasteiger partial charge in [0.1, 0.15) is 24.9 Å². The Hall–Kier alpha value is -4.95. The van der Waals surface area contributed by atoms with Gasteiger partial charge in [0, 0.05) is 0 Å². The van der Waals surface area contributed by atoms with Gasteiger partial charge in [-0.05, 0) is 54.5 Å². The summed E-state index contributed by atoms with van der Waals surface area (Å²) in [6.07, 6.45) is -0.641. The van der Waals surface area contributed by atoms with Crippen LogP contribution in [0.1, 0.15) is 49.8 Å². The summed E-state index contributed by atoms with van der Waals surface area (Å²) in [6.45, 7) is 13.8. The number of nitrogens with zero attached hydrogens (tertiary/aromatic N) is 5. The molecule has 11 nitrogen and oxygen atoms in total. The molecule has 0 aliphatic rings. The summed E-state index contributed by atoms with van der Waals surface area (Å²) in [5, 5.41) is 15.1. The van der Waals surface area contributed by atoms with Crippen molar-refractivity contribution in [3.05, 3.63) is 113 Å². The summed E-state index contributed by atoms with van der Waals surface area (Å²) in [6, 6.07) is 25.5. The normalized spacial score (nSPS) is 12.5. The van der Waals surface area contributed by atoms with Crippen LogP contribution >= 0.6 is 0 Å². The van der Waals surface area contributed by atoms with Crippen molar-refractivity contribution in [2.75, 3.05) is 19.8 Å². The highest BCUT2D eigenvalue weighted by molar-refractivity contribution is 5.68. The highest BCUT2D eigenvalue weighted by Gasteiger charge is 2.29. The summed E-state index contributed by atoms with van der Waals surface area (Å²) in [7, 11) is 0. The minimum absolute atomic E-state index is 0.0368. The van der Waals surface area contributed by atoms with E-state index in [9.17, 15) is 4.79 Å². The molecule has 0 aliphatic heterocycles. The van der Waals surface area contributed by atoms with Crippen molar-refractivity contribution in [3.63, 3.8) is 0 Å². The van der Waals surface area contributed by atoms with Crippen LogP contribution in [0.5, 0.6) is 11.5 Å². The number of rotatable bonds is 14. The van der Waals surface area contributed by atoms with Gasteiger partial charge >= 0.3 is 6.09 Å². The third-order valence-corrected chi connectivity index (χ3v) is 6.08. The van der Waals surface area contributed by atoms with E-state index < -0.39 is 23.8 Å². The number of carbonyl (C=O) groups excluding carboxylic acids is 1. The summed E-state index contributed by atoms with van der Waals surface area (Å²) >= 11 is 0. The molecule has 224 valence electrons. The number of ether oxygens (including phenoxy) is 4. The molecule has 0 bridgehead atoms. The van der Waals surface area contributed by atoms with E-state index >= 15 is 0 Å². The van der Waals surface area contributed by atoms with Crippen LogP contribution in [0.4, 0.5) is 4.79 Å². The largest absolute Gasteiger partial charge is 0.487 e. The quantitative estimate of drug-likeness (QED) is 0.191. The van der Waals surface area contributed by atoms with Crippen LogP contribution in [0.15, 0.2) is 84.9 Å². The van der Waals surface area contributed by atoms with Crippen LogP contribution in [-0.2, 0) is 22.7 Å². The molecule has 0 saturated carbocycles. The maximum Gasteiger partial charge on any atom is 0.408 e. The minimum atomic E-state index is -0.761. The number of carbonyl (C=O) groups is 1. The van der Waals surface area contributed by atoms with Crippen LogP contribution in [0.2, 0.25) is 0 Å². The van der Waals surface area contributed by atoms with Gasteiger partial charge in [-0.15, -0.1) is 5.10 Å². The SMILES string of the molecule is [C-]#[N+]C[C@H](COc1ccccc1OCc1ccccc1)n1nnnc1[C@@H](COCc1ccccc1)NC(=O)OC(C)(C)C. The zero-order valence-electron chi connectivity index (χ0n) is 24.6. The number of hydrogen-bond acceptors (Lipinski definition) is 8. The van der Waals surface area contributed by atoms with Crippen molar-refractivity contribution in [1.82, 2.24) is 25.5 Å². The van der Waals surface area contributed by atoms with E-state index in [-0.39, 0.29) is 19.8 Å². The Labute approximate surface area is 251 Å². The average Bonchev–Trinajstić information content (AvgIpc) is 3.48. The number of nitrogens with one attached hydrogen (secondary N) is 1. The van der Waals surface area contributed by atoms with E-state index in [1.165, 1.54) is 4.68 Å². The van der Waals surface area contributed by atoms with Crippen LogP contribution in [0.25, 0.3) is 4.85 Å². The molecular weight excluding hydrogens is 548 g/mol. The second-order valence-electron chi connectivity index (χ2n) is 10.7. The maximum absolute atomic E-state index is 12.8. The second-order valence-corrected chi connectivity index (χ2v) is 10.7. The summed E-state index contributed by atoms with van der Waals surface area (Å²) in [4.78, 5) is 16.4. The van der Waals surface area contributed by atoms with Crippen LogP contribution in [0.3, 0.4) is 0 Å². The third-order valence-electron chi connectivity index (χ3n) is 6.08. The van der Waals surface area contributed by atoms with Gasteiger partial charge in [0.05, 0.1) is 13.2 Å². The highest BCUT2D eigenvalue weighted by atomic mass is 16.6. The molecule has 11 heteroatoms. The number of tetrazole rings is 1. The van der Waals surface area contributed by atoms with Crippen molar-refractivity contribution in [3.8, 4) is 11.5 Å². The maximum atomic E-state index is 12.8. The van der Waals surface area contributed by atoms with Crippen LogP contribution in [0, 0.1) is 6.57 Å². The minimum Gasteiger partial charge on any atom is -0.487 e. The van der Waals surface area contributed by atoms with Gasteiger partial charge in [0.2, 0.25) is 6.54 Å². The molecule has 1 heterocycles. The zero-order valence-corrected chi connectivity index (χ0v) is 24.6. The molecule has 4 rings (SSSR count). The lowest BCUT2D eigenvalue weighted by Crippen LogP contribution is -2.38. The Morgan fingerprint density at radius 3 is 2.12 bits per heavy atom. The lowest BCUT2D eigenvalue weighted by atomic mass is 10.2. The van der Waals surface area contributed by atoms with Crippen molar-refractivity contribution >= 4 is 6.09 Å². The first-order chi connectivity index (χ1) is 20.8. The predicted molar refractivity (Wildman–Crippen MR) is 159 cm³/mol. The molecular formula is C32H36N6O5. The topological polar surface area (TPSA) is 114 Å². The molecule has 0 fully saturated rings. The number of amides is 1. The molecule has 1 amide bonds. The molecule has 0 aliphatic carbocycles. The van der Waals surface area contributed by atoms with Gasteiger partial charge in [-0.1, -0.05) is 72.8 Å². The number of hydrogen-bond donors (Lipinski definition) is 1. The van der Waals surface area contributed by atoms with Gasteiger partial charge in [-0.3, -0.25) is 0 Å². The molecule has 3 aromatic carbocycles. The van der Waals surface area contributed by atoms with E-state index in [1.807, 2.05) is 78.9 Å². The molecule has 1 aromatic heterocycles. The molecule has 0 spiro atoms. The Kier molecular flexibility index (Phi) is 11.0. The van der Waals surface area contributed by atoms with Gasteiger partial charge in [0.25, 0.3) is 0 Å². The lowest BCUT2D eigenvalue weighted by Gasteiger charge is -2.24. The summed E-state index contributed by atoms with van der Waals surface area (Å²) < 4.78 is 25.1. The Balaban J connectivity index is 1.49. The summed E-state index contributed by atoms with van der Waals surface area (Å²) in [5.41, 5.74) is 1.30. The van der Waals surface area contributed by atoms with Gasteiger partial charge in [-0.2, -0.15) is 0 Å². The van der Waals surface area contributed by atoms with Crippen molar-refractivity contribution in [2.45, 2.75) is 51.7 Å². The Morgan fingerprint density at radius 1 is 0.884 bits per heavy atom. The fraction of sp³-hybridized carbons (Fsp3) is 0.344. The fourth-order valence-corrected chi connectivity index (χ4v) is 4.11. The second kappa shape index (κ2) is 15.3. The van der Waals surface area contributed by atoms with Crippen molar-refractivity contribution in [2.24, 2.45) is 0 Å². The van der Waals surface area contributed by atoms with E-state index in [1.54, 1.807) is 26.8 Å².